The van der Waals surface area contributed by atoms with E-state index in [2.05, 4.69) is 17.8 Å². The third kappa shape index (κ3) is 0.620. The highest BCUT2D eigenvalue weighted by atomic mass is 15.3. The standard InChI is InChI=1S/C8H8N2/c1-7-3-4-8(7)10-6-2-5-9-10/h2-6,8H,1H2. The molecule has 0 saturated carbocycles. The van der Waals surface area contributed by atoms with E-state index in [0.717, 1.165) is 5.57 Å². The summed E-state index contributed by atoms with van der Waals surface area (Å²) in [7, 11) is 0. The molecule has 1 aliphatic rings. The second-order valence-corrected chi connectivity index (χ2v) is 2.36. The molecule has 1 aliphatic carbocycles. The summed E-state index contributed by atoms with van der Waals surface area (Å²) in [5.74, 6) is 0. The second kappa shape index (κ2) is 1.84. The van der Waals surface area contributed by atoms with Crippen LogP contribution >= 0.6 is 0 Å². The Labute approximate surface area is 59.5 Å². The molecule has 0 fully saturated rings. The monoisotopic (exact) mass is 132 g/mol. The van der Waals surface area contributed by atoms with Gasteiger partial charge in [0.2, 0.25) is 0 Å². The van der Waals surface area contributed by atoms with Gasteiger partial charge < -0.3 is 0 Å². The highest BCUT2D eigenvalue weighted by Crippen LogP contribution is 2.26. The molecule has 0 spiro atoms. The Bertz CT molecular complexity index is 269. The van der Waals surface area contributed by atoms with E-state index in [1.807, 2.05) is 23.0 Å². The van der Waals surface area contributed by atoms with E-state index >= 15 is 0 Å². The van der Waals surface area contributed by atoms with Crippen LogP contribution in [0.1, 0.15) is 6.04 Å². The van der Waals surface area contributed by atoms with Crippen molar-refractivity contribution in [2.45, 2.75) is 6.04 Å². The van der Waals surface area contributed by atoms with Crippen molar-refractivity contribution in [1.29, 1.82) is 0 Å². The van der Waals surface area contributed by atoms with Crippen molar-refractivity contribution in [2.24, 2.45) is 0 Å². The lowest BCUT2D eigenvalue weighted by Crippen LogP contribution is -2.13. The van der Waals surface area contributed by atoms with Gasteiger partial charge in [-0.25, -0.2) is 0 Å². The Balaban J connectivity index is 2.31. The fraction of sp³-hybridized carbons (Fsp3) is 0.125. The topological polar surface area (TPSA) is 17.8 Å². The van der Waals surface area contributed by atoms with Crippen LogP contribution in [0, 0.1) is 0 Å². The van der Waals surface area contributed by atoms with Gasteiger partial charge in [-0.05, 0) is 11.6 Å². The molecule has 1 unspecified atom stereocenters. The molecule has 2 nitrogen and oxygen atoms in total. The summed E-state index contributed by atoms with van der Waals surface area (Å²) >= 11 is 0. The average molecular weight is 132 g/mol. The van der Waals surface area contributed by atoms with Gasteiger partial charge in [0.1, 0.15) is 0 Å². The number of allylic oxidation sites excluding steroid dienone is 3. The predicted octanol–water partition coefficient (Wildman–Crippen LogP) is 1.55. The quantitative estimate of drug-likeness (QED) is 0.567. The molecule has 0 saturated heterocycles. The summed E-state index contributed by atoms with van der Waals surface area (Å²) in [6, 6.07) is 2.23. The molecule has 0 aromatic carbocycles. The molecule has 1 aromatic heterocycles. The van der Waals surface area contributed by atoms with Gasteiger partial charge in [0.05, 0.1) is 6.04 Å². The molecule has 2 rings (SSSR count). The van der Waals surface area contributed by atoms with Crippen molar-refractivity contribution in [1.82, 2.24) is 9.78 Å². The van der Waals surface area contributed by atoms with Crippen molar-refractivity contribution in [3.63, 3.8) is 0 Å². The molecular formula is C8H8N2. The van der Waals surface area contributed by atoms with Crippen molar-refractivity contribution in [3.05, 3.63) is 42.8 Å². The minimum absolute atomic E-state index is 0.315. The minimum Gasteiger partial charge on any atom is -0.261 e. The Kier molecular flexibility index (Phi) is 1.01. The van der Waals surface area contributed by atoms with E-state index in [1.54, 1.807) is 6.20 Å². The van der Waals surface area contributed by atoms with Crippen LogP contribution < -0.4 is 0 Å². The fourth-order valence-electron chi connectivity index (χ4n) is 1.02. The van der Waals surface area contributed by atoms with Crippen molar-refractivity contribution >= 4 is 0 Å². The van der Waals surface area contributed by atoms with E-state index in [0.29, 0.717) is 6.04 Å². The molecule has 0 bridgehead atoms. The lowest BCUT2D eigenvalue weighted by atomic mass is 9.99. The van der Waals surface area contributed by atoms with Gasteiger partial charge in [-0.3, -0.25) is 4.68 Å². The zero-order valence-corrected chi connectivity index (χ0v) is 5.57. The van der Waals surface area contributed by atoms with Crippen molar-refractivity contribution < 1.29 is 0 Å². The van der Waals surface area contributed by atoms with Crippen molar-refractivity contribution in [2.75, 3.05) is 0 Å². The molecule has 1 atom stereocenters. The zero-order chi connectivity index (χ0) is 6.97. The van der Waals surface area contributed by atoms with E-state index in [9.17, 15) is 0 Å². The normalized spacial score (nSPS) is 22.8. The summed E-state index contributed by atoms with van der Waals surface area (Å²) in [5, 5.41) is 4.09. The highest BCUT2D eigenvalue weighted by molar-refractivity contribution is 5.35. The van der Waals surface area contributed by atoms with Crippen LogP contribution in [0.15, 0.2) is 42.8 Å². The summed E-state index contributed by atoms with van der Waals surface area (Å²) in [6.07, 6.45) is 7.81. The maximum atomic E-state index is 4.09. The Hall–Kier alpha value is -1.31. The molecular weight excluding hydrogens is 124 g/mol. The van der Waals surface area contributed by atoms with Gasteiger partial charge in [-0.2, -0.15) is 5.10 Å². The fourth-order valence-corrected chi connectivity index (χ4v) is 1.02. The first-order chi connectivity index (χ1) is 4.88. The third-order valence-electron chi connectivity index (χ3n) is 1.68. The lowest BCUT2D eigenvalue weighted by Gasteiger charge is -2.20. The molecule has 0 N–H and O–H groups in total. The molecule has 0 aliphatic heterocycles. The van der Waals surface area contributed by atoms with E-state index in [1.165, 1.54) is 0 Å². The number of hydrogen-bond acceptors (Lipinski definition) is 1. The van der Waals surface area contributed by atoms with Gasteiger partial charge in [0, 0.05) is 12.4 Å². The van der Waals surface area contributed by atoms with E-state index in [4.69, 9.17) is 0 Å². The highest BCUT2D eigenvalue weighted by Gasteiger charge is 2.15. The summed E-state index contributed by atoms with van der Waals surface area (Å²) in [6.45, 7) is 3.85. The smallest absolute Gasteiger partial charge is 0.0946 e. The number of nitrogens with zero attached hydrogens (tertiary/aromatic N) is 2. The van der Waals surface area contributed by atoms with Gasteiger partial charge in [0.15, 0.2) is 0 Å². The lowest BCUT2D eigenvalue weighted by molar-refractivity contribution is 0.590. The molecule has 0 amide bonds. The first-order valence-corrected chi connectivity index (χ1v) is 3.24. The molecule has 10 heavy (non-hydrogen) atoms. The molecule has 1 heterocycles. The van der Waals surface area contributed by atoms with Gasteiger partial charge in [-0.1, -0.05) is 18.7 Å². The SMILES string of the molecule is C=C1C=CC1n1cccn1. The molecule has 2 heteroatoms. The number of rotatable bonds is 1. The Morgan fingerprint density at radius 2 is 2.50 bits per heavy atom. The van der Waals surface area contributed by atoms with Gasteiger partial charge in [0.25, 0.3) is 0 Å². The van der Waals surface area contributed by atoms with Gasteiger partial charge in [-0.15, -0.1) is 0 Å². The van der Waals surface area contributed by atoms with Crippen LogP contribution in [0.5, 0.6) is 0 Å². The van der Waals surface area contributed by atoms with Crippen LogP contribution in [0.2, 0.25) is 0 Å². The Morgan fingerprint density at radius 1 is 1.60 bits per heavy atom. The molecule has 50 valence electrons. The van der Waals surface area contributed by atoms with Crippen LogP contribution in [0.25, 0.3) is 0 Å². The van der Waals surface area contributed by atoms with Crippen LogP contribution in [0.3, 0.4) is 0 Å². The van der Waals surface area contributed by atoms with E-state index in [-0.39, 0.29) is 0 Å². The zero-order valence-electron chi connectivity index (χ0n) is 5.57. The minimum atomic E-state index is 0.315. The molecule has 1 aromatic rings. The van der Waals surface area contributed by atoms with E-state index < -0.39 is 0 Å². The van der Waals surface area contributed by atoms with Crippen LogP contribution in [-0.2, 0) is 0 Å². The number of aromatic nitrogens is 2. The largest absolute Gasteiger partial charge is 0.261 e. The summed E-state index contributed by atoms with van der Waals surface area (Å²) in [5.41, 5.74) is 1.13. The van der Waals surface area contributed by atoms with Gasteiger partial charge >= 0.3 is 0 Å². The second-order valence-electron chi connectivity index (χ2n) is 2.36. The van der Waals surface area contributed by atoms with Crippen molar-refractivity contribution in [3.8, 4) is 0 Å². The third-order valence-corrected chi connectivity index (χ3v) is 1.68. The Morgan fingerprint density at radius 3 is 2.90 bits per heavy atom. The average Bonchev–Trinajstić information content (AvgIpc) is 2.37. The maximum absolute atomic E-state index is 4.09. The number of hydrogen-bond donors (Lipinski definition) is 0. The molecule has 0 radical (unpaired) electrons. The maximum Gasteiger partial charge on any atom is 0.0946 e. The van der Waals surface area contributed by atoms with Crippen LogP contribution in [-0.4, -0.2) is 9.78 Å². The summed E-state index contributed by atoms with van der Waals surface area (Å²) in [4.78, 5) is 0. The first-order valence-electron chi connectivity index (χ1n) is 3.24. The summed E-state index contributed by atoms with van der Waals surface area (Å²) < 4.78 is 1.89. The van der Waals surface area contributed by atoms with Crippen LogP contribution in [0.4, 0.5) is 0 Å². The first kappa shape index (κ1) is 5.47. The predicted molar refractivity (Wildman–Crippen MR) is 39.5 cm³/mol.